The normalized spacial score (nSPS) is 10.1. The van der Waals surface area contributed by atoms with E-state index in [-0.39, 0.29) is 30.5 Å². The first-order chi connectivity index (χ1) is 9.02. The molecule has 1 amide bonds. The first-order valence-corrected chi connectivity index (χ1v) is 5.95. The first-order valence-electron chi connectivity index (χ1n) is 5.95. The molecule has 0 radical (unpaired) electrons. The Labute approximate surface area is 123 Å². The maximum absolute atomic E-state index is 12.0. The quantitative estimate of drug-likeness (QED) is 0.837. The molecule has 20 heavy (non-hydrogen) atoms. The molecular formula is C13H19ClF2N2O2. The molecule has 0 spiro atoms. The van der Waals surface area contributed by atoms with Crippen LogP contribution in [0.4, 0.5) is 8.78 Å². The van der Waals surface area contributed by atoms with E-state index in [2.05, 4.69) is 10.1 Å². The number of carbonyl (C=O) groups is 1. The van der Waals surface area contributed by atoms with Gasteiger partial charge in [0.15, 0.2) is 0 Å². The number of benzene rings is 1. The number of hydrogen-bond donors (Lipinski definition) is 1. The van der Waals surface area contributed by atoms with Crippen LogP contribution in [0, 0.1) is 0 Å². The summed E-state index contributed by atoms with van der Waals surface area (Å²) in [7, 11) is 3.55. The summed E-state index contributed by atoms with van der Waals surface area (Å²) < 4.78 is 28.2. The van der Waals surface area contributed by atoms with Gasteiger partial charge in [0.2, 0.25) is 5.91 Å². The Hall–Kier alpha value is -1.40. The Morgan fingerprint density at radius 1 is 1.35 bits per heavy atom. The van der Waals surface area contributed by atoms with Gasteiger partial charge in [-0.25, -0.2) is 0 Å². The molecule has 0 saturated heterocycles. The third-order valence-electron chi connectivity index (χ3n) is 2.63. The van der Waals surface area contributed by atoms with Crippen LogP contribution in [0.1, 0.15) is 5.56 Å². The number of halogens is 3. The van der Waals surface area contributed by atoms with Gasteiger partial charge in [0.25, 0.3) is 0 Å². The number of hydrogen-bond acceptors (Lipinski definition) is 3. The van der Waals surface area contributed by atoms with Gasteiger partial charge < -0.3 is 15.0 Å². The van der Waals surface area contributed by atoms with Crippen molar-refractivity contribution in [2.24, 2.45) is 0 Å². The standard InChI is InChI=1S/C13H18F2N2O2.ClH/c1-16-7-8-17(2)12(18)9-10-3-5-11(6-4-10)19-13(14)15;/h3-6,13,16H,7-9H2,1-2H3;1H. The summed E-state index contributed by atoms with van der Waals surface area (Å²) in [6, 6.07) is 6.09. The molecule has 0 aromatic heterocycles. The number of likely N-dealkylation sites (N-methyl/N-ethyl adjacent to an activating group) is 2. The summed E-state index contributed by atoms with van der Waals surface area (Å²) in [5, 5.41) is 2.96. The number of nitrogens with one attached hydrogen (secondary N) is 1. The van der Waals surface area contributed by atoms with E-state index < -0.39 is 6.61 Å². The van der Waals surface area contributed by atoms with E-state index in [1.54, 1.807) is 24.1 Å². The molecule has 0 aliphatic carbocycles. The maximum atomic E-state index is 12.0. The molecule has 0 bridgehead atoms. The van der Waals surface area contributed by atoms with Crippen molar-refractivity contribution in [2.75, 3.05) is 27.2 Å². The Kier molecular flexibility index (Phi) is 8.83. The lowest BCUT2D eigenvalue weighted by atomic mass is 10.1. The Bertz CT molecular complexity index is 402. The van der Waals surface area contributed by atoms with E-state index in [9.17, 15) is 13.6 Å². The molecule has 0 fully saturated rings. The van der Waals surface area contributed by atoms with Gasteiger partial charge in [0, 0.05) is 20.1 Å². The molecule has 1 aromatic carbocycles. The average molecular weight is 309 g/mol. The zero-order valence-electron chi connectivity index (χ0n) is 11.4. The van der Waals surface area contributed by atoms with E-state index in [1.165, 1.54) is 12.1 Å². The fraction of sp³-hybridized carbons (Fsp3) is 0.462. The van der Waals surface area contributed by atoms with Gasteiger partial charge in [-0.1, -0.05) is 12.1 Å². The van der Waals surface area contributed by atoms with E-state index in [0.29, 0.717) is 6.54 Å². The molecule has 7 heteroatoms. The van der Waals surface area contributed by atoms with Crippen molar-refractivity contribution in [1.82, 2.24) is 10.2 Å². The number of nitrogens with zero attached hydrogens (tertiary/aromatic N) is 1. The van der Waals surface area contributed by atoms with Crippen LogP contribution in [0.25, 0.3) is 0 Å². The fourth-order valence-corrected chi connectivity index (χ4v) is 1.50. The number of ether oxygens (including phenoxy) is 1. The second kappa shape index (κ2) is 9.50. The van der Waals surface area contributed by atoms with E-state index in [0.717, 1.165) is 12.1 Å². The molecule has 114 valence electrons. The van der Waals surface area contributed by atoms with Crippen LogP contribution >= 0.6 is 12.4 Å². The van der Waals surface area contributed by atoms with Crippen LogP contribution in [0.5, 0.6) is 5.75 Å². The van der Waals surface area contributed by atoms with Gasteiger partial charge in [-0.05, 0) is 24.7 Å². The predicted octanol–water partition coefficient (Wildman–Crippen LogP) is 1.93. The van der Waals surface area contributed by atoms with Crippen LogP contribution < -0.4 is 10.1 Å². The molecule has 0 atom stereocenters. The smallest absolute Gasteiger partial charge is 0.387 e. The second-order valence-electron chi connectivity index (χ2n) is 4.12. The largest absolute Gasteiger partial charge is 0.435 e. The van der Waals surface area contributed by atoms with E-state index in [4.69, 9.17) is 0 Å². The van der Waals surface area contributed by atoms with Gasteiger partial charge >= 0.3 is 6.61 Å². The fourth-order valence-electron chi connectivity index (χ4n) is 1.50. The SMILES string of the molecule is CNCCN(C)C(=O)Cc1ccc(OC(F)F)cc1.Cl. The highest BCUT2D eigenvalue weighted by atomic mass is 35.5. The molecule has 1 aromatic rings. The number of alkyl halides is 2. The van der Waals surface area contributed by atoms with Crippen molar-refractivity contribution in [1.29, 1.82) is 0 Å². The molecular weight excluding hydrogens is 290 g/mol. The van der Waals surface area contributed by atoms with Crippen molar-refractivity contribution in [3.8, 4) is 5.75 Å². The van der Waals surface area contributed by atoms with Crippen LogP contribution in [-0.4, -0.2) is 44.6 Å². The highest BCUT2D eigenvalue weighted by Gasteiger charge is 2.09. The maximum Gasteiger partial charge on any atom is 0.387 e. The number of amides is 1. The third kappa shape index (κ3) is 6.68. The van der Waals surface area contributed by atoms with E-state index >= 15 is 0 Å². The number of carbonyl (C=O) groups excluding carboxylic acids is 1. The van der Waals surface area contributed by atoms with Gasteiger partial charge in [-0.2, -0.15) is 8.78 Å². The van der Waals surface area contributed by atoms with Crippen LogP contribution in [0.15, 0.2) is 24.3 Å². The Balaban J connectivity index is 0.00000361. The van der Waals surface area contributed by atoms with Gasteiger partial charge in [0.05, 0.1) is 6.42 Å². The lowest BCUT2D eigenvalue weighted by molar-refractivity contribution is -0.129. The lowest BCUT2D eigenvalue weighted by Crippen LogP contribution is -2.33. The van der Waals surface area contributed by atoms with Crippen molar-refractivity contribution in [2.45, 2.75) is 13.0 Å². The Morgan fingerprint density at radius 2 is 1.95 bits per heavy atom. The van der Waals surface area contributed by atoms with Crippen molar-refractivity contribution in [3.63, 3.8) is 0 Å². The van der Waals surface area contributed by atoms with Crippen LogP contribution in [0.3, 0.4) is 0 Å². The monoisotopic (exact) mass is 308 g/mol. The molecule has 0 saturated carbocycles. The summed E-state index contributed by atoms with van der Waals surface area (Å²) >= 11 is 0. The Morgan fingerprint density at radius 3 is 2.45 bits per heavy atom. The highest BCUT2D eigenvalue weighted by Crippen LogP contribution is 2.15. The second-order valence-corrected chi connectivity index (χ2v) is 4.12. The molecule has 1 rings (SSSR count). The summed E-state index contributed by atoms with van der Waals surface area (Å²) in [5.41, 5.74) is 0.767. The summed E-state index contributed by atoms with van der Waals surface area (Å²) in [6.07, 6.45) is 0.245. The average Bonchev–Trinajstić information content (AvgIpc) is 2.37. The topological polar surface area (TPSA) is 41.6 Å². The molecule has 0 aliphatic heterocycles. The predicted molar refractivity (Wildman–Crippen MR) is 75.6 cm³/mol. The third-order valence-corrected chi connectivity index (χ3v) is 2.63. The molecule has 0 aliphatic rings. The van der Waals surface area contributed by atoms with Crippen LogP contribution in [0.2, 0.25) is 0 Å². The zero-order chi connectivity index (χ0) is 14.3. The molecule has 4 nitrogen and oxygen atoms in total. The lowest BCUT2D eigenvalue weighted by Gasteiger charge is -2.16. The minimum Gasteiger partial charge on any atom is -0.435 e. The summed E-state index contributed by atoms with van der Waals surface area (Å²) in [6.45, 7) is -1.48. The molecule has 0 unspecified atom stereocenters. The minimum absolute atomic E-state index is 0. The summed E-state index contributed by atoms with van der Waals surface area (Å²) in [5.74, 6) is 0.0764. The van der Waals surface area contributed by atoms with E-state index in [1.807, 2.05) is 7.05 Å². The van der Waals surface area contributed by atoms with Crippen molar-refractivity contribution < 1.29 is 18.3 Å². The molecule has 0 heterocycles. The highest BCUT2D eigenvalue weighted by molar-refractivity contribution is 5.85. The van der Waals surface area contributed by atoms with Crippen molar-refractivity contribution in [3.05, 3.63) is 29.8 Å². The molecule has 1 N–H and O–H groups in total. The van der Waals surface area contributed by atoms with Gasteiger partial charge in [-0.3, -0.25) is 4.79 Å². The minimum atomic E-state index is -2.83. The van der Waals surface area contributed by atoms with Crippen LogP contribution in [-0.2, 0) is 11.2 Å². The van der Waals surface area contributed by atoms with Gasteiger partial charge in [-0.15, -0.1) is 12.4 Å². The zero-order valence-corrected chi connectivity index (χ0v) is 12.3. The number of rotatable bonds is 7. The van der Waals surface area contributed by atoms with Crippen molar-refractivity contribution >= 4 is 18.3 Å². The first kappa shape index (κ1) is 18.6. The van der Waals surface area contributed by atoms with Gasteiger partial charge in [0.1, 0.15) is 5.75 Å². The summed E-state index contributed by atoms with van der Waals surface area (Å²) in [4.78, 5) is 13.5.